The molecule has 0 aromatic heterocycles. The minimum Gasteiger partial charge on any atom is -0.497 e. The molecular weight excluding hydrogens is 272 g/mol. The van der Waals surface area contributed by atoms with Gasteiger partial charge in [-0.05, 0) is 25.1 Å². The first-order chi connectivity index (χ1) is 10.0. The standard InChI is InChI=1S/C15H14N2O4/c1-4-21-15(19)12(8-16)13-10-6-5-9(20-3)7-11(10)14(18)17(13)2/h5-7H,4H2,1-3H3/b13-12-. The summed E-state index contributed by atoms with van der Waals surface area (Å²) < 4.78 is 9.96. The van der Waals surface area contributed by atoms with Crippen molar-refractivity contribution in [3.8, 4) is 11.8 Å². The molecule has 2 rings (SSSR count). The largest absolute Gasteiger partial charge is 0.497 e. The van der Waals surface area contributed by atoms with Gasteiger partial charge >= 0.3 is 5.97 Å². The van der Waals surface area contributed by atoms with Gasteiger partial charge in [0.2, 0.25) is 0 Å². The Morgan fingerprint density at radius 1 is 1.38 bits per heavy atom. The highest BCUT2D eigenvalue weighted by molar-refractivity contribution is 6.14. The zero-order chi connectivity index (χ0) is 15.6. The molecule has 0 spiro atoms. The molecule has 1 aromatic carbocycles. The van der Waals surface area contributed by atoms with Crippen LogP contribution in [0.25, 0.3) is 5.70 Å². The van der Waals surface area contributed by atoms with Crippen LogP contribution < -0.4 is 4.74 Å². The van der Waals surface area contributed by atoms with Crippen molar-refractivity contribution in [2.45, 2.75) is 6.92 Å². The smallest absolute Gasteiger partial charge is 0.351 e. The van der Waals surface area contributed by atoms with Crippen LogP contribution in [-0.2, 0) is 9.53 Å². The molecule has 0 atom stereocenters. The van der Waals surface area contributed by atoms with Crippen molar-refractivity contribution in [2.75, 3.05) is 20.8 Å². The van der Waals surface area contributed by atoms with E-state index in [2.05, 4.69) is 0 Å². The summed E-state index contributed by atoms with van der Waals surface area (Å²) in [6, 6.07) is 6.74. The Labute approximate surface area is 122 Å². The fraction of sp³-hybridized carbons (Fsp3) is 0.267. The first kappa shape index (κ1) is 14.6. The maximum Gasteiger partial charge on any atom is 0.351 e. The summed E-state index contributed by atoms with van der Waals surface area (Å²) in [5, 5.41) is 9.24. The van der Waals surface area contributed by atoms with Gasteiger partial charge in [0.05, 0.1) is 25.0 Å². The van der Waals surface area contributed by atoms with E-state index in [1.165, 1.54) is 19.1 Å². The number of nitrogens with zero attached hydrogens (tertiary/aromatic N) is 2. The van der Waals surface area contributed by atoms with Gasteiger partial charge in [0.15, 0.2) is 5.57 Å². The summed E-state index contributed by atoms with van der Waals surface area (Å²) in [7, 11) is 3.02. The average molecular weight is 286 g/mol. The number of hydrogen-bond acceptors (Lipinski definition) is 5. The van der Waals surface area contributed by atoms with E-state index in [1.54, 1.807) is 25.1 Å². The Morgan fingerprint density at radius 3 is 2.67 bits per heavy atom. The number of methoxy groups -OCH3 is 1. The maximum absolute atomic E-state index is 12.3. The van der Waals surface area contributed by atoms with Crippen LogP contribution in [0.4, 0.5) is 0 Å². The van der Waals surface area contributed by atoms with Crippen molar-refractivity contribution in [2.24, 2.45) is 0 Å². The topological polar surface area (TPSA) is 79.6 Å². The fourth-order valence-electron chi connectivity index (χ4n) is 2.20. The summed E-state index contributed by atoms with van der Waals surface area (Å²) in [5.74, 6) is -0.499. The molecule has 0 saturated carbocycles. The molecule has 6 nitrogen and oxygen atoms in total. The van der Waals surface area contributed by atoms with Gasteiger partial charge in [-0.1, -0.05) is 0 Å². The molecule has 1 heterocycles. The van der Waals surface area contributed by atoms with E-state index in [0.717, 1.165) is 0 Å². The molecule has 0 fully saturated rings. The minimum atomic E-state index is -0.738. The molecule has 21 heavy (non-hydrogen) atoms. The molecule has 1 aliphatic rings. The van der Waals surface area contributed by atoms with Crippen LogP contribution in [0.3, 0.4) is 0 Å². The van der Waals surface area contributed by atoms with E-state index < -0.39 is 5.97 Å². The van der Waals surface area contributed by atoms with Crippen molar-refractivity contribution in [3.63, 3.8) is 0 Å². The highest BCUT2D eigenvalue weighted by atomic mass is 16.5. The van der Waals surface area contributed by atoms with Crippen LogP contribution in [-0.4, -0.2) is 37.5 Å². The Bertz CT molecular complexity index is 685. The van der Waals surface area contributed by atoms with Crippen LogP contribution in [0.5, 0.6) is 5.75 Å². The molecule has 0 N–H and O–H groups in total. The summed E-state index contributed by atoms with van der Waals surface area (Å²) in [4.78, 5) is 25.4. The van der Waals surface area contributed by atoms with Crippen molar-refractivity contribution < 1.29 is 19.1 Å². The van der Waals surface area contributed by atoms with Gasteiger partial charge in [0, 0.05) is 12.6 Å². The fourth-order valence-corrected chi connectivity index (χ4v) is 2.20. The third-order valence-corrected chi connectivity index (χ3v) is 3.18. The Hall–Kier alpha value is -2.81. The van der Waals surface area contributed by atoms with E-state index >= 15 is 0 Å². The number of nitriles is 1. The number of carbonyl (C=O) groups excluding carboxylic acids is 2. The molecular formula is C15H14N2O4. The van der Waals surface area contributed by atoms with E-state index in [1.807, 2.05) is 6.07 Å². The Kier molecular flexibility index (Phi) is 3.94. The maximum atomic E-state index is 12.3. The van der Waals surface area contributed by atoms with Gasteiger partial charge in [0.1, 0.15) is 11.8 Å². The number of fused-ring (bicyclic) bond motifs is 1. The van der Waals surface area contributed by atoms with Crippen LogP contribution in [0.1, 0.15) is 22.8 Å². The highest BCUT2D eigenvalue weighted by Gasteiger charge is 2.34. The van der Waals surface area contributed by atoms with Gasteiger partial charge in [0.25, 0.3) is 5.91 Å². The molecule has 0 unspecified atom stereocenters. The van der Waals surface area contributed by atoms with E-state index in [9.17, 15) is 14.9 Å². The quantitative estimate of drug-likeness (QED) is 0.479. The second kappa shape index (κ2) is 5.67. The second-order valence-corrected chi connectivity index (χ2v) is 4.33. The predicted octanol–water partition coefficient (Wildman–Crippen LogP) is 1.58. The molecule has 6 heteroatoms. The zero-order valence-corrected chi connectivity index (χ0v) is 12.0. The molecule has 1 amide bonds. The van der Waals surface area contributed by atoms with Gasteiger partial charge in [-0.15, -0.1) is 0 Å². The molecule has 0 radical (unpaired) electrons. The summed E-state index contributed by atoms with van der Waals surface area (Å²) >= 11 is 0. The zero-order valence-electron chi connectivity index (χ0n) is 12.0. The van der Waals surface area contributed by atoms with Gasteiger partial charge in [-0.2, -0.15) is 5.26 Å². The molecule has 0 bridgehead atoms. The van der Waals surface area contributed by atoms with Crippen molar-refractivity contribution in [3.05, 3.63) is 34.9 Å². The first-order valence-corrected chi connectivity index (χ1v) is 6.33. The number of ether oxygens (including phenoxy) is 2. The second-order valence-electron chi connectivity index (χ2n) is 4.33. The van der Waals surface area contributed by atoms with Crippen LogP contribution in [0.15, 0.2) is 23.8 Å². The third kappa shape index (κ3) is 2.34. The summed E-state index contributed by atoms with van der Waals surface area (Å²) in [6.07, 6.45) is 0. The van der Waals surface area contributed by atoms with Gasteiger partial charge in [-0.3, -0.25) is 4.79 Å². The number of carbonyl (C=O) groups is 2. The van der Waals surface area contributed by atoms with E-state index in [4.69, 9.17) is 9.47 Å². The normalized spacial score (nSPS) is 15.3. The van der Waals surface area contributed by atoms with Crippen molar-refractivity contribution in [1.82, 2.24) is 4.90 Å². The molecule has 108 valence electrons. The van der Waals surface area contributed by atoms with Crippen LogP contribution >= 0.6 is 0 Å². The molecule has 1 aromatic rings. The lowest BCUT2D eigenvalue weighted by Gasteiger charge is -2.13. The molecule has 1 aliphatic heterocycles. The molecule has 0 saturated heterocycles. The predicted molar refractivity (Wildman–Crippen MR) is 74.3 cm³/mol. The first-order valence-electron chi connectivity index (χ1n) is 6.33. The number of esters is 1. The van der Waals surface area contributed by atoms with Gasteiger partial charge in [-0.25, -0.2) is 4.79 Å². The number of amides is 1. The third-order valence-electron chi connectivity index (χ3n) is 3.18. The van der Waals surface area contributed by atoms with Crippen molar-refractivity contribution in [1.29, 1.82) is 5.26 Å². The van der Waals surface area contributed by atoms with E-state index in [0.29, 0.717) is 16.9 Å². The van der Waals surface area contributed by atoms with E-state index in [-0.39, 0.29) is 23.8 Å². The number of benzene rings is 1. The van der Waals surface area contributed by atoms with Gasteiger partial charge < -0.3 is 14.4 Å². The molecule has 0 aliphatic carbocycles. The Morgan fingerprint density at radius 2 is 2.10 bits per heavy atom. The van der Waals surface area contributed by atoms with Crippen LogP contribution in [0, 0.1) is 11.3 Å². The number of hydrogen-bond donors (Lipinski definition) is 0. The minimum absolute atomic E-state index is 0.157. The van der Waals surface area contributed by atoms with Crippen LogP contribution in [0.2, 0.25) is 0 Å². The monoisotopic (exact) mass is 286 g/mol. The van der Waals surface area contributed by atoms with Crippen molar-refractivity contribution >= 4 is 17.6 Å². The lowest BCUT2D eigenvalue weighted by Crippen LogP contribution is -2.20. The summed E-state index contributed by atoms with van der Waals surface area (Å²) in [5.41, 5.74) is 0.993. The average Bonchev–Trinajstić information content (AvgIpc) is 2.73. The SMILES string of the molecule is CCOC(=O)/C(C#N)=C1/c2ccc(OC)cc2C(=O)N1C. The lowest BCUT2D eigenvalue weighted by atomic mass is 10.0. The lowest BCUT2D eigenvalue weighted by molar-refractivity contribution is -0.137. The summed E-state index contributed by atoms with van der Waals surface area (Å²) in [6.45, 7) is 1.81. The highest BCUT2D eigenvalue weighted by Crippen LogP contribution is 2.35. The number of rotatable bonds is 3. The Balaban J connectivity index is 2.65.